The molecule has 0 radical (unpaired) electrons. The van der Waals surface area contributed by atoms with Gasteiger partial charge >= 0.3 is 0 Å². The minimum atomic E-state index is 0.647. The van der Waals surface area contributed by atoms with E-state index in [9.17, 15) is 0 Å². The number of ether oxygens (including phenoxy) is 1. The van der Waals surface area contributed by atoms with Gasteiger partial charge < -0.3 is 4.74 Å². The average Bonchev–Trinajstić information content (AvgIpc) is 2.41. The van der Waals surface area contributed by atoms with E-state index < -0.39 is 0 Å². The minimum absolute atomic E-state index is 0.647. The van der Waals surface area contributed by atoms with Crippen molar-refractivity contribution in [3.8, 4) is 0 Å². The zero-order valence-corrected chi connectivity index (χ0v) is 7.66. The molecule has 3 heteroatoms. The molecule has 0 amide bonds. The van der Waals surface area contributed by atoms with E-state index in [1.54, 1.807) is 18.0 Å². The molecule has 0 spiro atoms. The Hall–Kier alpha value is -0.830. The van der Waals surface area contributed by atoms with Gasteiger partial charge in [0, 0.05) is 25.9 Å². The van der Waals surface area contributed by atoms with Crippen LogP contribution in [0.5, 0.6) is 0 Å². The van der Waals surface area contributed by atoms with E-state index in [4.69, 9.17) is 4.74 Å². The fourth-order valence-corrected chi connectivity index (χ4v) is 0.713. The maximum atomic E-state index is 4.89. The van der Waals surface area contributed by atoms with Gasteiger partial charge in [-0.05, 0) is 0 Å². The van der Waals surface area contributed by atoms with Gasteiger partial charge in [0.15, 0.2) is 0 Å². The summed E-state index contributed by atoms with van der Waals surface area (Å²) in [6.45, 7) is 4.65. The van der Waals surface area contributed by atoms with Crippen LogP contribution in [-0.2, 0) is 18.4 Å². The number of rotatable bonds is 2. The molecule has 64 valence electrons. The van der Waals surface area contributed by atoms with Gasteiger partial charge in [-0.2, -0.15) is 5.10 Å². The first kappa shape index (κ1) is 10.2. The number of hydrogen-bond donors (Lipinski definition) is 0. The summed E-state index contributed by atoms with van der Waals surface area (Å²) in [7, 11) is 3.56. The molecule has 0 unspecified atom stereocenters. The summed E-state index contributed by atoms with van der Waals surface area (Å²) >= 11 is 0. The molecule has 0 saturated carbocycles. The molecule has 1 rings (SSSR count). The van der Waals surface area contributed by atoms with Crippen molar-refractivity contribution in [3.63, 3.8) is 0 Å². The zero-order chi connectivity index (χ0) is 8.69. The predicted molar refractivity (Wildman–Crippen MR) is 45.3 cm³/mol. The Labute approximate surface area is 68.0 Å². The van der Waals surface area contributed by atoms with E-state index in [1.807, 2.05) is 27.1 Å². The number of methoxy groups -OCH3 is 1. The highest BCUT2D eigenvalue weighted by Gasteiger charge is 1.91. The Balaban J connectivity index is 0.000000461. The highest BCUT2D eigenvalue weighted by molar-refractivity contribution is 5.00. The monoisotopic (exact) mass is 156 g/mol. The first-order valence-electron chi connectivity index (χ1n) is 3.79. The smallest absolute Gasteiger partial charge is 0.0743 e. The molecule has 0 N–H and O–H groups in total. The summed E-state index contributed by atoms with van der Waals surface area (Å²) in [5.74, 6) is 0. The highest BCUT2D eigenvalue weighted by atomic mass is 16.5. The van der Waals surface area contributed by atoms with Crippen LogP contribution in [0, 0.1) is 0 Å². The van der Waals surface area contributed by atoms with E-state index in [2.05, 4.69) is 5.10 Å². The SMILES string of the molecule is CC.COCc1cnn(C)c1. The first-order valence-corrected chi connectivity index (χ1v) is 3.79. The third kappa shape index (κ3) is 3.78. The third-order valence-corrected chi connectivity index (χ3v) is 1.07. The molecule has 0 saturated heterocycles. The van der Waals surface area contributed by atoms with Gasteiger partial charge in [-0.25, -0.2) is 0 Å². The van der Waals surface area contributed by atoms with Gasteiger partial charge in [-0.3, -0.25) is 4.68 Å². The molecular formula is C8H16N2O. The molecule has 1 aromatic rings. The van der Waals surface area contributed by atoms with Crippen molar-refractivity contribution in [1.82, 2.24) is 9.78 Å². The Morgan fingerprint density at radius 1 is 1.55 bits per heavy atom. The molecule has 1 aromatic heterocycles. The Morgan fingerprint density at radius 2 is 2.18 bits per heavy atom. The molecule has 0 aliphatic carbocycles. The van der Waals surface area contributed by atoms with Crippen LogP contribution in [0.25, 0.3) is 0 Å². The van der Waals surface area contributed by atoms with Crippen molar-refractivity contribution in [2.45, 2.75) is 20.5 Å². The van der Waals surface area contributed by atoms with Crippen LogP contribution in [0.4, 0.5) is 0 Å². The third-order valence-electron chi connectivity index (χ3n) is 1.07. The van der Waals surface area contributed by atoms with E-state index in [0.29, 0.717) is 6.61 Å². The molecular weight excluding hydrogens is 140 g/mol. The number of aromatic nitrogens is 2. The van der Waals surface area contributed by atoms with Crippen molar-refractivity contribution < 1.29 is 4.74 Å². The fourth-order valence-electron chi connectivity index (χ4n) is 0.713. The molecule has 11 heavy (non-hydrogen) atoms. The summed E-state index contributed by atoms with van der Waals surface area (Å²) in [4.78, 5) is 0. The van der Waals surface area contributed by atoms with Crippen LogP contribution in [0.2, 0.25) is 0 Å². The summed E-state index contributed by atoms with van der Waals surface area (Å²) in [6.07, 6.45) is 3.73. The highest BCUT2D eigenvalue weighted by Crippen LogP contribution is 1.96. The first-order chi connectivity index (χ1) is 5.33. The van der Waals surface area contributed by atoms with Gasteiger partial charge in [0.25, 0.3) is 0 Å². The maximum Gasteiger partial charge on any atom is 0.0743 e. The van der Waals surface area contributed by atoms with E-state index in [1.165, 1.54) is 0 Å². The van der Waals surface area contributed by atoms with Gasteiger partial charge in [0.2, 0.25) is 0 Å². The molecule has 0 aliphatic rings. The number of aryl methyl sites for hydroxylation is 1. The molecule has 1 heterocycles. The van der Waals surface area contributed by atoms with E-state index in [-0.39, 0.29) is 0 Å². The van der Waals surface area contributed by atoms with Crippen molar-refractivity contribution >= 4 is 0 Å². The summed E-state index contributed by atoms with van der Waals surface area (Å²) in [5.41, 5.74) is 1.11. The van der Waals surface area contributed by atoms with Crippen molar-refractivity contribution in [2.24, 2.45) is 7.05 Å². The molecule has 0 bridgehead atoms. The fraction of sp³-hybridized carbons (Fsp3) is 0.625. The Morgan fingerprint density at radius 3 is 2.55 bits per heavy atom. The second-order valence-corrected chi connectivity index (χ2v) is 1.96. The van der Waals surface area contributed by atoms with E-state index in [0.717, 1.165) is 5.56 Å². The van der Waals surface area contributed by atoms with Crippen LogP contribution in [0.3, 0.4) is 0 Å². The number of nitrogens with zero attached hydrogens (tertiary/aromatic N) is 2. The molecule has 0 aromatic carbocycles. The standard InChI is InChI=1S/C6H10N2O.C2H6/c1-8-4-6(3-7-8)5-9-2;1-2/h3-4H,5H2,1-2H3;1-2H3. The van der Waals surface area contributed by atoms with E-state index >= 15 is 0 Å². The van der Waals surface area contributed by atoms with Crippen molar-refractivity contribution in [2.75, 3.05) is 7.11 Å². The lowest BCUT2D eigenvalue weighted by Gasteiger charge is -1.89. The minimum Gasteiger partial charge on any atom is -0.380 e. The number of hydrogen-bond acceptors (Lipinski definition) is 2. The van der Waals surface area contributed by atoms with Crippen LogP contribution < -0.4 is 0 Å². The van der Waals surface area contributed by atoms with Gasteiger partial charge in [-0.1, -0.05) is 13.8 Å². The van der Waals surface area contributed by atoms with Crippen LogP contribution >= 0.6 is 0 Å². The second-order valence-electron chi connectivity index (χ2n) is 1.96. The predicted octanol–water partition coefficient (Wildman–Crippen LogP) is 1.59. The quantitative estimate of drug-likeness (QED) is 0.650. The van der Waals surface area contributed by atoms with Crippen LogP contribution in [-0.4, -0.2) is 16.9 Å². The molecule has 3 nitrogen and oxygen atoms in total. The van der Waals surface area contributed by atoms with Gasteiger partial charge in [0.05, 0.1) is 12.8 Å². The van der Waals surface area contributed by atoms with Crippen molar-refractivity contribution in [3.05, 3.63) is 18.0 Å². The van der Waals surface area contributed by atoms with Gasteiger partial charge in [-0.15, -0.1) is 0 Å². The lowest BCUT2D eigenvalue weighted by Crippen LogP contribution is -1.85. The Bertz CT molecular complexity index is 184. The zero-order valence-electron chi connectivity index (χ0n) is 7.66. The lowest BCUT2D eigenvalue weighted by molar-refractivity contribution is 0.185. The average molecular weight is 156 g/mol. The normalized spacial score (nSPS) is 8.73. The summed E-state index contributed by atoms with van der Waals surface area (Å²) < 4.78 is 6.65. The van der Waals surface area contributed by atoms with Gasteiger partial charge in [0.1, 0.15) is 0 Å². The second kappa shape index (κ2) is 5.92. The van der Waals surface area contributed by atoms with Crippen LogP contribution in [0.1, 0.15) is 19.4 Å². The largest absolute Gasteiger partial charge is 0.380 e. The summed E-state index contributed by atoms with van der Waals surface area (Å²) in [5, 5.41) is 3.97. The molecule has 0 aliphatic heterocycles. The maximum absolute atomic E-state index is 4.89. The Kier molecular flexibility index (Phi) is 5.47. The molecule has 0 fully saturated rings. The topological polar surface area (TPSA) is 27.1 Å². The summed E-state index contributed by atoms with van der Waals surface area (Å²) in [6, 6.07) is 0. The van der Waals surface area contributed by atoms with Crippen molar-refractivity contribution in [1.29, 1.82) is 0 Å². The lowest BCUT2D eigenvalue weighted by atomic mass is 10.4. The molecule has 0 atom stereocenters. The van der Waals surface area contributed by atoms with Crippen LogP contribution in [0.15, 0.2) is 12.4 Å².